The van der Waals surface area contributed by atoms with E-state index >= 15 is 0 Å². The average molecular weight is 388 g/mol. The quantitative estimate of drug-likeness (QED) is 0.759. The average Bonchev–Trinajstić information content (AvgIpc) is 2.58. The smallest absolute Gasteiger partial charge is 0.252 e. The van der Waals surface area contributed by atoms with E-state index in [0.717, 1.165) is 38.0 Å². The van der Waals surface area contributed by atoms with E-state index in [1.165, 1.54) is 5.57 Å². The van der Waals surface area contributed by atoms with Gasteiger partial charge in [-0.3, -0.25) is 9.78 Å². The van der Waals surface area contributed by atoms with Crippen molar-refractivity contribution in [2.75, 3.05) is 12.3 Å². The first-order valence-corrected chi connectivity index (χ1v) is 10.4. The molecule has 0 aromatic carbocycles. The minimum atomic E-state index is -0.512. The summed E-state index contributed by atoms with van der Waals surface area (Å²) >= 11 is 0. The van der Waals surface area contributed by atoms with Gasteiger partial charge >= 0.3 is 0 Å². The van der Waals surface area contributed by atoms with Crippen LogP contribution in [0.3, 0.4) is 0 Å². The molecule has 0 radical (unpaired) electrons. The molecule has 0 spiro atoms. The predicted octanol–water partition coefficient (Wildman–Crippen LogP) is 3.43. The molecule has 1 saturated heterocycles. The van der Waals surface area contributed by atoms with Crippen LogP contribution in [0.1, 0.15) is 59.1 Å². The number of hydrogen-bond acceptors (Lipinski definition) is 5. The molecule has 1 unspecified atom stereocenters. The first kappa shape index (κ1) is 19.6. The molecule has 2 heterocycles. The van der Waals surface area contributed by atoms with Crippen LogP contribution in [0.4, 0.5) is 5.95 Å². The number of anilines is 1. The molecular weight excluding hydrogens is 354 g/mol. The van der Waals surface area contributed by atoms with Gasteiger partial charge in [0.15, 0.2) is 5.79 Å². The molecule has 1 aromatic rings. The van der Waals surface area contributed by atoms with Gasteiger partial charge in [0.2, 0.25) is 5.95 Å². The van der Waals surface area contributed by atoms with Crippen molar-refractivity contribution >= 4 is 5.95 Å². The van der Waals surface area contributed by atoms with Gasteiger partial charge in [-0.1, -0.05) is 26.0 Å². The molecule has 5 atom stereocenters. The lowest BCUT2D eigenvalue weighted by atomic mass is 9.46. The zero-order valence-electron chi connectivity index (χ0n) is 17.5. The molecule has 1 aromatic heterocycles. The topological polar surface area (TPSA) is 90.2 Å². The van der Waals surface area contributed by atoms with Crippen molar-refractivity contribution in [3.05, 3.63) is 34.3 Å². The molecule has 3 N–H and O–H groups in total. The van der Waals surface area contributed by atoms with Crippen LogP contribution in [0.2, 0.25) is 0 Å². The number of aromatic nitrogens is 2. The fraction of sp³-hybridized carbons (Fsp3) is 0.727. The summed E-state index contributed by atoms with van der Waals surface area (Å²) in [6.45, 7) is 13.9. The molecule has 6 heteroatoms. The van der Waals surface area contributed by atoms with Crippen LogP contribution in [0.25, 0.3) is 0 Å². The summed E-state index contributed by atoms with van der Waals surface area (Å²) in [7, 11) is 0. The Labute approximate surface area is 166 Å². The van der Waals surface area contributed by atoms with E-state index in [-0.39, 0.29) is 34.4 Å². The highest BCUT2D eigenvalue weighted by atomic mass is 16.7. The molecule has 2 aliphatic carbocycles. The van der Waals surface area contributed by atoms with Crippen LogP contribution in [0.15, 0.2) is 23.0 Å². The van der Waals surface area contributed by atoms with E-state index in [0.29, 0.717) is 12.3 Å². The summed E-state index contributed by atoms with van der Waals surface area (Å²) in [6.07, 6.45) is 5.12. The standard InChI is InChI=1S/C22H33N3O3/c1-13-6-7-16-21(4,15(13)10-14-11-18(26)25-19(23)24-14)9-8-17-22(16,5)12-27-20(2,3)28-17/h11,15-17H,1,6-10,12H2,2-5H3,(H3,23,24,25,26)/t15-,16?,17-,21+,22+/m1/s1. The van der Waals surface area contributed by atoms with E-state index in [1.54, 1.807) is 6.07 Å². The summed E-state index contributed by atoms with van der Waals surface area (Å²) in [5.74, 6) is 0.414. The lowest BCUT2D eigenvalue weighted by molar-refractivity contribution is -0.344. The normalized spacial score (nSPS) is 39.9. The molecule has 1 aliphatic heterocycles. The van der Waals surface area contributed by atoms with Crippen molar-refractivity contribution in [1.29, 1.82) is 0 Å². The number of nitrogens with zero attached hydrogens (tertiary/aromatic N) is 1. The van der Waals surface area contributed by atoms with Crippen molar-refractivity contribution in [1.82, 2.24) is 9.97 Å². The maximum absolute atomic E-state index is 11.9. The zero-order valence-corrected chi connectivity index (χ0v) is 17.5. The molecular formula is C22H33N3O3. The van der Waals surface area contributed by atoms with Gasteiger partial charge in [0.25, 0.3) is 5.56 Å². The second kappa shape index (κ2) is 6.42. The molecule has 28 heavy (non-hydrogen) atoms. The second-order valence-electron chi connectivity index (χ2n) is 9.97. The van der Waals surface area contributed by atoms with Crippen molar-refractivity contribution in [3.63, 3.8) is 0 Å². The van der Waals surface area contributed by atoms with Gasteiger partial charge in [-0.25, -0.2) is 4.98 Å². The number of ether oxygens (including phenoxy) is 2. The van der Waals surface area contributed by atoms with Gasteiger partial charge < -0.3 is 15.2 Å². The fourth-order valence-electron chi connectivity index (χ4n) is 6.28. The van der Waals surface area contributed by atoms with Gasteiger partial charge in [0.1, 0.15) is 0 Å². The SMILES string of the molecule is C=C1CCC2[C@]3(C)COC(C)(C)O[C@@H]3CC[C@@]2(C)[C@@H]1Cc1cc(=O)[nH]c(N)n1. The maximum atomic E-state index is 11.9. The highest BCUT2D eigenvalue weighted by Gasteiger charge is 2.60. The number of nitrogens with two attached hydrogens (primary N) is 1. The highest BCUT2D eigenvalue weighted by Crippen LogP contribution is 2.63. The molecule has 0 bridgehead atoms. The molecule has 4 rings (SSSR count). The van der Waals surface area contributed by atoms with Crippen LogP contribution >= 0.6 is 0 Å². The first-order chi connectivity index (χ1) is 13.0. The highest BCUT2D eigenvalue weighted by molar-refractivity contribution is 5.23. The Morgan fingerprint density at radius 1 is 1.29 bits per heavy atom. The third-order valence-corrected chi connectivity index (χ3v) is 7.70. The summed E-state index contributed by atoms with van der Waals surface area (Å²) in [5.41, 5.74) is 7.66. The Balaban J connectivity index is 1.66. The summed E-state index contributed by atoms with van der Waals surface area (Å²) in [4.78, 5) is 18.8. The number of aromatic amines is 1. The number of fused-ring (bicyclic) bond motifs is 3. The van der Waals surface area contributed by atoms with Gasteiger partial charge in [0.05, 0.1) is 18.4 Å². The number of rotatable bonds is 2. The van der Waals surface area contributed by atoms with Crippen LogP contribution in [0.5, 0.6) is 0 Å². The molecule has 2 saturated carbocycles. The summed E-state index contributed by atoms with van der Waals surface area (Å²) in [6, 6.07) is 1.57. The number of nitrogens with one attached hydrogen (secondary N) is 1. The van der Waals surface area contributed by atoms with Crippen LogP contribution in [-0.2, 0) is 15.9 Å². The van der Waals surface area contributed by atoms with Gasteiger partial charge in [-0.15, -0.1) is 0 Å². The minimum Gasteiger partial charge on any atom is -0.369 e. The predicted molar refractivity (Wildman–Crippen MR) is 109 cm³/mol. The Kier molecular flexibility index (Phi) is 4.51. The van der Waals surface area contributed by atoms with E-state index < -0.39 is 5.79 Å². The lowest BCUT2D eigenvalue weighted by Crippen LogP contribution is -2.63. The maximum Gasteiger partial charge on any atom is 0.252 e. The Bertz CT molecular complexity index is 848. The molecule has 6 nitrogen and oxygen atoms in total. The zero-order chi connectivity index (χ0) is 20.3. The summed E-state index contributed by atoms with van der Waals surface area (Å²) < 4.78 is 12.5. The van der Waals surface area contributed by atoms with Crippen LogP contribution < -0.4 is 11.3 Å². The van der Waals surface area contributed by atoms with Crippen molar-refractivity contribution < 1.29 is 9.47 Å². The van der Waals surface area contributed by atoms with Crippen molar-refractivity contribution in [3.8, 4) is 0 Å². The number of nitrogen functional groups attached to an aromatic ring is 1. The van der Waals surface area contributed by atoms with Gasteiger partial charge in [-0.2, -0.15) is 0 Å². The Hall–Kier alpha value is -1.66. The largest absolute Gasteiger partial charge is 0.369 e. The van der Waals surface area contributed by atoms with E-state index in [9.17, 15) is 4.79 Å². The first-order valence-electron chi connectivity index (χ1n) is 10.4. The second-order valence-corrected chi connectivity index (χ2v) is 9.97. The number of allylic oxidation sites excluding steroid dienone is 1. The van der Waals surface area contributed by atoms with E-state index in [2.05, 4.69) is 30.4 Å². The van der Waals surface area contributed by atoms with Gasteiger partial charge in [-0.05, 0) is 63.2 Å². The lowest BCUT2D eigenvalue weighted by Gasteiger charge is -2.63. The third kappa shape index (κ3) is 3.11. The number of H-pyrrole nitrogens is 1. The van der Waals surface area contributed by atoms with Crippen LogP contribution in [0, 0.1) is 22.7 Å². The summed E-state index contributed by atoms with van der Waals surface area (Å²) in [5, 5.41) is 0. The molecule has 0 amide bonds. The van der Waals surface area contributed by atoms with Crippen molar-refractivity contribution in [2.45, 2.75) is 71.7 Å². The molecule has 3 fully saturated rings. The van der Waals surface area contributed by atoms with Crippen molar-refractivity contribution in [2.24, 2.45) is 22.7 Å². The van der Waals surface area contributed by atoms with E-state index in [1.807, 2.05) is 13.8 Å². The fourth-order valence-corrected chi connectivity index (χ4v) is 6.28. The molecule has 3 aliphatic rings. The monoisotopic (exact) mass is 387 g/mol. The Morgan fingerprint density at radius 2 is 2.04 bits per heavy atom. The minimum absolute atomic E-state index is 0.0118. The Morgan fingerprint density at radius 3 is 2.75 bits per heavy atom. The van der Waals surface area contributed by atoms with Gasteiger partial charge in [0, 0.05) is 11.5 Å². The van der Waals surface area contributed by atoms with Crippen LogP contribution in [-0.4, -0.2) is 28.5 Å². The third-order valence-electron chi connectivity index (χ3n) is 7.70. The van der Waals surface area contributed by atoms with E-state index in [4.69, 9.17) is 15.2 Å². The number of hydrogen-bond donors (Lipinski definition) is 2. The molecule has 154 valence electrons.